The standard InChI is InChI=1S/C8H7N5O/c9-8(14)7-2-4-13(12-7)6-1-3-10-11-5-6/h1-5H,(H2,9,14). The van der Waals surface area contributed by atoms with Crippen LogP contribution < -0.4 is 5.73 Å². The molecule has 0 fully saturated rings. The van der Waals surface area contributed by atoms with Gasteiger partial charge in [-0.3, -0.25) is 4.79 Å². The summed E-state index contributed by atoms with van der Waals surface area (Å²) in [6.45, 7) is 0. The summed E-state index contributed by atoms with van der Waals surface area (Å²) in [6.07, 6.45) is 4.72. The Labute approximate surface area is 79.4 Å². The predicted octanol–water partition coefficient (Wildman–Crippen LogP) is -0.239. The van der Waals surface area contributed by atoms with Crippen LogP contribution in [0.15, 0.2) is 30.7 Å². The van der Waals surface area contributed by atoms with Crippen molar-refractivity contribution in [3.63, 3.8) is 0 Å². The second kappa shape index (κ2) is 3.25. The number of rotatable bonds is 2. The zero-order chi connectivity index (χ0) is 9.97. The van der Waals surface area contributed by atoms with Gasteiger partial charge < -0.3 is 5.73 Å². The van der Waals surface area contributed by atoms with Gasteiger partial charge in [0.25, 0.3) is 5.91 Å². The van der Waals surface area contributed by atoms with Crippen LogP contribution in [0.2, 0.25) is 0 Å². The average Bonchev–Trinajstić information content (AvgIpc) is 2.68. The van der Waals surface area contributed by atoms with Crippen LogP contribution in [0.5, 0.6) is 0 Å². The van der Waals surface area contributed by atoms with Crippen LogP contribution in [0, 0.1) is 0 Å². The Kier molecular flexibility index (Phi) is 1.94. The Hall–Kier alpha value is -2.24. The monoisotopic (exact) mass is 189 g/mol. The third kappa shape index (κ3) is 1.45. The molecule has 0 atom stereocenters. The van der Waals surface area contributed by atoms with Gasteiger partial charge in [-0.05, 0) is 12.1 Å². The lowest BCUT2D eigenvalue weighted by molar-refractivity contribution is 0.0995. The summed E-state index contributed by atoms with van der Waals surface area (Å²) in [4.78, 5) is 10.8. The van der Waals surface area contributed by atoms with E-state index >= 15 is 0 Å². The molecule has 6 nitrogen and oxygen atoms in total. The Morgan fingerprint density at radius 3 is 2.79 bits per heavy atom. The van der Waals surface area contributed by atoms with Gasteiger partial charge in [0, 0.05) is 6.20 Å². The van der Waals surface area contributed by atoms with Gasteiger partial charge in [0.05, 0.1) is 18.1 Å². The zero-order valence-corrected chi connectivity index (χ0v) is 7.16. The summed E-state index contributed by atoms with van der Waals surface area (Å²) >= 11 is 0. The number of hydrogen-bond donors (Lipinski definition) is 1. The summed E-state index contributed by atoms with van der Waals surface area (Å²) in [6, 6.07) is 3.27. The summed E-state index contributed by atoms with van der Waals surface area (Å²) in [7, 11) is 0. The third-order valence-electron chi connectivity index (χ3n) is 1.67. The molecule has 14 heavy (non-hydrogen) atoms. The Morgan fingerprint density at radius 1 is 1.36 bits per heavy atom. The third-order valence-corrected chi connectivity index (χ3v) is 1.67. The van der Waals surface area contributed by atoms with Gasteiger partial charge in [0.1, 0.15) is 5.69 Å². The number of nitrogens with zero attached hydrogens (tertiary/aromatic N) is 4. The van der Waals surface area contributed by atoms with E-state index in [1.807, 2.05) is 0 Å². The summed E-state index contributed by atoms with van der Waals surface area (Å²) in [5.74, 6) is -0.550. The van der Waals surface area contributed by atoms with Crippen molar-refractivity contribution < 1.29 is 4.79 Å². The molecule has 2 N–H and O–H groups in total. The normalized spacial score (nSPS) is 10.0. The summed E-state index contributed by atoms with van der Waals surface area (Å²) in [5, 5.41) is 11.3. The molecule has 2 heterocycles. The van der Waals surface area contributed by atoms with Gasteiger partial charge in [0.2, 0.25) is 0 Å². The molecule has 0 radical (unpaired) electrons. The quantitative estimate of drug-likeness (QED) is 0.706. The molecule has 0 saturated carbocycles. The summed E-state index contributed by atoms with van der Waals surface area (Å²) in [5.41, 5.74) is 6.02. The number of carbonyl (C=O) groups is 1. The molecule has 0 aliphatic heterocycles. The maximum absolute atomic E-state index is 10.8. The largest absolute Gasteiger partial charge is 0.364 e. The van der Waals surface area contributed by atoms with Gasteiger partial charge >= 0.3 is 0 Å². The average molecular weight is 189 g/mol. The molecule has 0 bridgehead atoms. The van der Waals surface area contributed by atoms with Gasteiger partial charge in [-0.1, -0.05) is 0 Å². The van der Waals surface area contributed by atoms with Crippen molar-refractivity contribution >= 4 is 5.91 Å². The molecular weight excluding hydrogens is 182 g/mol. The fourth-order valence-electron chi connectivity index (χ4n) is 1.02. The topological polar surface area (TPSA) is 86.7 Å². The van der Waals surface area contributed by atoms with Gasteiger partial charge in [-0.25, -0.2) is 4.68 Å². The predicted molar refractivity (Wildman–Crippen MR) is 47.7 cm³/mol. The van der Waals surface area contributed by atoms with Crippen molar-refractivity contribution in [2.45, 2.75) is 0 Å². The van der Waals surface area contributed by atoms with Crippen molar-refractivity contribution in [2.24, 2.45) is 5.73 Å². The van der Waals surface area contributed by atoms with E-state index in [9.17, 15) is 4.79 Å². The van der Waals surface area contributed by atoms with E-state index in [4.69, 9.17) is 5.73 Å². The zero-order valence-electron chi connectivity index (χ0n) is 7.16. The van der Waals surface area contributed by atoms with Crippen molar-refractivity contribution in [3.8, 4) is 5.69 Å². The second-order valence-electron chi connectivity index (χ2n) is 2.61. The molecule has 0 aliphatic carbocycles. The molecule has 0 spiro atoms. The van der Waals surface area contributed by atoms with Crippen molar-refractivity contribution in [1.29, 1.82) is 0 Å². The van der Waals surface area contributed by atoms with Crippen LogP contribution >= 0.6 is 0 Å². The number of carbonyl (C=O) groups excluding carboxylic acids is 1. The van der Waals surface area contributed by atoms with Gasteiger partial charge in [0.15, 0.2) is 0 Å². The first-order valence-corrected chi connectivity index (χ1v) is 3.90. The van der Waals surface area contributed by atoms with E-state index < -0.39 is 5.91 Å². The Morgan fingerprint density at radius 2 is 2.21 bits per heavy atom. The minimum atomic E-state index is -0.550. The van der Waals surface area contributed by atoms with Crippen molar-refractivity contribution in [2.75, 3.05) is 0 Å². The molecular formula is C8H7N5O. The van der Waals surface area contributed by atoms with Gasteiger partial charge in [-0.15, -0.1) is 0 Å². The molecule has 0 aromatic carbocycles. The van der Waals surface area contributed by atoms with E-state index in [0.29, 0.717) is 0 Å². The lowest BCUT2D eigenvalue weighted by atomic mass is 10.4. The van der Waals surface area contributed by atoms with E-state index in [-0.39, 0.29) is 5.69 Å². The molecule has 0 aliphatic rings. The minimum Gasteiger partial charge on any atom is -0.364 e. The number of primary amides is 1. The number of hydrogen-bond acceptors (Lipinski definition) is 4. The number of nitrogens with two attached hydrogens (primary N) is 1. The molecule has 0 unspecified atom stereocenters. The van der Waals surface area contributed by atoms with Crippen molar-refractivity contribution in [1.82, 2.24) is 20.0 Å². The highest BCUT2D eigenvalue weighted by Gasteiger charge is 2.05. The second-order valence-corrected chi connectivity index (χ2v) is 2.61. The first-order valence-electron chi connectivity index (χ1n) is 3.90. The number of aromatic nitrogens is 4. The fourth-order valence-corrected chi connectivity index (χ4v) is 1.02. The maximum atomic E-state index is 10.8. The highest BCUT2D eigenvalue weighted by molar-refractivity contribution is 5.90. The van der Waals surface area contributed by atoms with Crippen LogP contribution in [0.1, 0.15) is 10.5 Å². The molecule has 0 saturated heterocycles. The smallest absolute Gasteiger partial charge is 0.269 e. The highest BCUT2D eigenvalue weighted by atomic mass is 16.1. The van der Waals surface area contributed by atoms with Crippen LogP contribution in [-0.4, -0.2) is 25.9 Å². The molecule has 1 amide bonds. The van der Waals surface area contributed by atoms with E-state index in [0.717, 1.165) is 5.69 Å². The van der Waals surface area contributed by atoms with Crippen molar-refractivity contribution in [3.05, 3.63) is 36.4 Å². The molecule has 6 heteroatoms. The first kappa shape index (κ1) is 8.36. The van der Waals surface area contributed by atoms with E-state index in [1.54, 1.807) is 24.5 Å². The van der Waals surface area contributed by atoms with Crippen LogP contribution in [0.25, 0.3) is 5.69 Å². The number of amides is 1. The molecule has 2 rings (SSSR count). The van der Waals surface area contributed by atoms with Crippen LogP contribution in [-0.2, 0) is 0 Å². The van der Waals surface area contributed by atoms with Gasteiger partial charge in [-0.2, -0.15) is 15.3 Å². The van der Waals surface area contributed by atoms with E-state index in [2.05, 4.69) is 15.3 Å². The van der Waals surface area contributed by atoms with Crippen LogP contribution in [0.4, 0.5) is 0 Å². The fraction of sp³-hybridized carbons (Fsp3) is 0. The SMILES string of the molecule is NC(=O)c1ccn(-c2ccnnc2)n1. The lowest BCUT2D eigenvalue weighted by Crippen LogP contribution is -2.12. The summed E-state index contributed by atoms with van der Waals surface area (Å²) < 4.78 is 1.51. The van der Waals surface area contributed by atoms with E-state index in [1.165, 1.54) is 10.9 Å². The molecule has 2 aromatic rings. The Balaban J connectivity index is 2.39. The maximum Gasteiger partial charge on any atom is 0.269 e. The minimum absolute atomic E-state index is 0.224. The van der Waals surface area contributed by atoms with Crippen LogP contribution in [0.3, 0.4) is 0 Å². The first-order chi connectivity index (χ1) is 6.77. The molecule has 70 valence electrons. The lowest BCUT2D eigenvalue weighted by Gasteiger charge is -1.97. The molecule has 2 aromatic heterocycles. The highest BCUT2D eigenvalue weighted by Crippen LogP contribution is 2.03. The Bertz CT molecular complexity index is 450.